The van der Waals surface area contributed by atoms with Crippen LogP contribution >= 0.6 is 23.2 Å². The molecule has 1 aliphatic heterocycles. The van der Waals surface area contributed by atoms with E-state index >= 15 is 0 Å². The SMILES string of the molecule is O=C(c1cccc(-c2c[nH]c3ncc(-c4cc(Cl)cc(Cl)c4)cc23)c1)N1CCOCC1. The van der Waals surface area contributed by atoms with Gasteiger partial charge in [-0.2, -0.15) is 0 Å². The monoisotopic (exact) mass is 451 g/mol. The first-order chi connectivity index (χ1) is 15.1. The summed E-state index contributed by atoms with van der Waals surface area (Å²) in [6, 6.07) is 15.2. The zero-order chi connectivity index (χ0) is 21.4. The Kier molecular flexibility index (Phi) is 5.40. The number of halogens is 2. The van der Waals surface area contributed by atoms with Crippen LogP contribution in [-0.4, -0.2) is 47.1 Å². The number of H-pyrrole nitrogens is 1. The highest BCUT2D eigenvalue weighted by Crippen LogP contribution is 2.33. The van der Waals surface area contributed by atoms with E-state index in [-0.39, 0.29) is 5.91 Å². The normalized spacial score (nSPS) is 14.2. The van der Waals surface area contributed by atoms with Gasteiger partial charge in [-0.25, -0.2) is 4.98 Å². The lowest BCUT2D eigenvalue weighted by Crippen LogP contribution is -2.40. The predicted molar refractivity (Wildman–Crippen MR) is 124 cm³/mol. The molecule has 4 aromatic rings. The highest BCUT2D eigenvalue weighted by atomic mass is 35.5. The van der Waals surface area contributed by atoms with E-state index in [9.17, 15) is 4.79 Å². The molecule has 0 spiro atoms. The number of pyridine rings is 1. The van der Waals surface area contributed by atoms with Crippen molar-refractivity contribution < 1.29 is 9.53 Å². The van der Waals surface area contributed by atoms with Crippen LogP contribution < -0.4 is 0 Å². The van der Waals surface area contributed by atoms with Gasteiger partial charge in [0.15, 0.2) is 0 Å². The molecule has 156 valence electrons. The molecule has 1 N–H and O–H groups in total. The second kappa shape index (κ2) is 8.35. The van der Waals surface area contributed by atoms with Crippen LogP contribution in [0.2, 0.25) is 10.0 Å². The number of carbonyl (C=O) groups excluding carboxylic acids is 1. The van der Waals surface area contributed by atoms with Crippen molar-refractivity contribution in [1.82, 2.24) is 14.9 Å². The Bertz CT molecular complexity index is 1260. The Morgan fingerprint density at radius 1 is 0.968 bits per heavy atom. The lowest BCUT2D eigenvalue weighted by atomic mass is 10.0. The fourth-order valence-corrected chi connectivity index (χ4v) is 4.42. The number of aromatic nitrogens is 2. The average molecular weight is 452 g/mol. The van der Waals surface area contributed by atoms with Crippen molar-refractivity contribution in [3.8, 4) is 22.3 Å². The van der Waals surface area contributed by atoms with Gasteiger partial charge in [0.2, 0.25) is 0 Å². The number of benzene rings is 2. The standard InChI is InChI=1S/C24H19Cl2N3O2/c25-19-9-17(10-20(26)12-19)18-11-21-22(14-28-23(21)27-13-18)15-2-1-3-16(8-15)24(30)29-4-6-31-7-5-29/h1-3,8-14H,4-7H2,(H,27,28). The molecule has 0 saturated carbocycles. The van der Waals surface area contributed by atoms with Gasteiger partial charge in [-0.05, 0) is 47.5 Å². The summed E-state index contributed by atoms with van der Waals surface area (Å²) in [5.41, 5.74) is 5.19. The Morgan fingerprint density at radius 2 is 1.74 bits per heavy atom. The number of ether oxygens (including phenoxy) is 1. The van der Waals surface area contributed by atoms with Crippen molar-refractivity contribution in [2.75, 3.05) is 26.3 Å². The molecule has 5 nitrogen and oxygen atoms in total. The van der Waals surface area contributed by atoms with Crippen LogP contribution in [0.15, 0.2) is 60.9 Å². The van der Waals surface area contributed by atoms with Crippen LogP contribution in [0.1, 0.15) is 10.4 Å². The van der Waals surface area contributed by atoms with Crippen LogP contribution in [-0.2, 0) is 4.74 Å². The quantitative estimate of drug-likeness (QED) is 0.436. The molecule has 5 rings (SSSR count). The molecular weight excluding hydrogens is 433 g/mol. The van der Waals surface area contributed by atoms with E-state index in [4.69, 9.17) is 27.9 Å². The Balaban J connectivity index is 1.54. The van der Waals surface area contributed by atoms with Gasteiger partial charge in [0.05, 0.1) is 13.2 Å². The summed E-state index contributed by atoms with van der Waals surface area (Å²) >= 11 is 12.4. The Morgan fingerprint density at radius 3 is 2.52 bits per heavy atom. The van der Waals surface area contributed by atoms with E-state index in [0.29, 0.717) is 41.9 Å². The summed E-state index contributed by atoms with van der Waals surface area (Å²) in [6.45, 7) is 2.39. The van der Waals surface area contributed by atoms with Crippen molar-refractivity contribution in [2.45, 2.75) is 0 Å². The summed E-state index contributed by atoms with van der Waals surface area (Å²) in [6.07, 6.45) is 3.72. The van der Waals surface area contributed by atoms with E-state index in [1.54, 1.807) is 12.3 Å². The Labute approximate surface area is 189 Å². The van der Waals surface area contributed by atoms with Crippen LogP contribution in [0.3, 0.4) is 0 Å². The molecule has 1 fully saturated rings. The van der Waals surface area contributed by atoms with E-state index in [2.05, 4.69) is 16.0 Å². The molecule has 1 saturated heterocycles. The minimum absolute atomic E-state index is 0.0253. The van der Waals surface area contributed by atoms with Crippen LogP contribution in [0.25, 0.3) is 33.3 Å². The summed E-state index contributed by atoms with van der Waals surface area (Å²) in [5.74, 6) is 0.0253. The molecule has 31 heavy (non-hydrogen) atoms. The number of hydrogen-bond donors (Lipinski definition) is 1. The molecule has 0 bridgehead atoms. The van der Waals surface area contributed by atoms with Gasteiger partial charge in [0, 0.05) is 57.6 Å². The van der Waals surface area contributed by atoms with Gasteiger partial charge in [0.1, 0.15) is 5.65 Å². The lowest BCUT2D eigenvalue weighted by Gasteiger charge is -2.27. The van der Waals surface area contributed by atoms with Crippen molar-refractivity contribution in [2.24, 2.45) is 0 Å². The van der Waals surface area contributed by atoms with Crippen molar-refractivity contribution in [3.05, 3.63) is 76.5 Å². The Hall–Kier alpha value is -2.86. The molecule has 7 heteroatoms. The lowest BCUT2D eigenvalue weighted by molar-refractivity contribution is 0.0303. The van der Waals surface area contributed by atoms with Gasteiger partial charge in [0.25, 0.3) is 5.91 Å². The molecule has 0 radical (unpaired) electrons. The van der Waals surface area contributed by atoms with E-state index < -0.39 is 0 Å². The van der Waals surface area contributed by atoms with E-state index in [1.165, 1.54) is 0 Å². The largest absolute Gasteiger partial charge is 0.378 e. The summed E-state index contributed by atoms with van der Waals surface area (Å²) in [5, 5.41) is 2.11. The third kappa shape index (κ3) is 4.04. The second-order valence-electron chi connectivity index (χ2n) is 7.47. The number of morpholine rings is 1. The van der Waals surface area contributed by atoms with Gasteiger partial charge in [-0.15, -0.1) is 0 Å². The number of amides is 1. The minimum atomic E-state index is 0.0253. The maximum Gasteiger partial charge on any atom is 0.254 e. The average Bonchev–Trinajstić information content (AvgIpc) is 3.22. The smallest absolute Gasteiger partial charge is 0.254 e. The minimum Gasteiger partial charge on any atom is -0.378 e. The van der Waals surface area contributed by atoms with Gasteiger partial charge in [-0.3, -0.25) is 4.79 Å². The third-order valence-electron chi connectivity index (χ3n) is 5.45. The summed E-state index contributed by atoms with van der Waals surface area (Å²) < 4.78 is 5.36. The maximum atomic E-state index is 12.9. The first-order valence-electron chi connectivity index (χ1n) is 9.99. The second-order valence-corrected chi connectivity index (χ2v) is 8.34. The first-order valence-corrected chi connectivity index (χ1v) is 10.8. The zero-order valence-corrected chi connectivity index (χ0v) is 18.1. The number of nitrogens with one attached hydrogen (secondary N) is 1. The first kappa shape index (κ1) is 20.1. The number of nitrogens with zero attached hydrogens (tertiary/aromatic N) is 2. The zero-order valence-electron chi connectivity index (χ0n) is 16.6. The summed E-state index contributed by atoms with van der Waals surface area (Å²) in [4.78, 5) is 22.5. The maximum absolute atomic E-state index is 12.9. The number of rotatable bonds is 3. The molecule has 2 aromatic heterocycles. The molecule has 0 atom stereocenters. The van der Waals surface area contributed by atoms with Crippen LogP contribution in [0.4, 0.5) is 0 Å². The van der Waals surface area contributed by atoms with Gasteiger partial charge in [-0.1, -0.05) is 35.3 Å². The summed E-state index contributed by atoms with van der Waals surface area (Å²) in [7, 11) is 0. The predicted octanol–water partition coefficient (Wildman–Crippen LogP) is 5.68. The highest BCUT2D eigenvalue weighted by Gasteiger charge is 2.19. The third-order valence-corrected chi connectivity index (χ3v) is 5.88. The number of aromatic amines is 1. The molecule has 0 unspecified atom stereocenters. The number of hydrogen-bond acceptors (Lipinski definition) is 3. The van der Waals surface area contributed by atoms with Gasteiger partial charge >= 0.3 is 0 Å². The van der Waals surface area contributed by atoms with Crippen LogP contribution in [0.5, 0.6) is 0 Å². The van der Waals surface area contributed by atoms with E-state index in [0.717, 1.165) is 33.3 Å². The van der Waals surface area contributed by atoms with Crippen molar-refractivity contribution in [1.29, 1.82) is 0 Å². The fraction of sp³-hybridized carbons (Fsp3) is 0.167. The van der Waals surface area contributed by atoms with Gasteiger partial charge < -0.3 is 14.6 Å². The fourth-order valence-electron chi connectivity index (χ4n) is 3.89. The molecular formula is C24H19Cl2N3O2. The van der Waals surface area contributed by atoms with Crippen molar-refractivity contribution in [3.63, 3.8) is 0 Å². The van der Waals surface area contributed by atoms with Crippen molar-refractivity contribution >= 4 is 40.1 Å². The highest BCUT2D eigenvalue weighted by molar-refractivity contribution is 6.35. The molecule has 3 heterocycles. The molecule has 2 aromatic carbocycles. The topological polar surface area (TPSA) is 58.2 Å². The molecule has 1 aliphatic rings. The molecule has 1 amide bonds. The number of carbonyl (C=O) groups is 1. The number of fused-ring (bicyclic) bond motifs is 1. The molecule has 0 aliphatic carbocycles. The van der Waals surface area contributed by atoms with Crippen LogP contribution in [0, 0.1) is 0 Å². The van der Waals surface area contributed by atoms with E-state index in [1.807, 2.05) is 47.5 Å².